The Morgan fingerprint density at radius 2 is 2.19 bits per heavy atom. The number of piperidine rings is 1. The Hall–Kier alpha value is -2.67. The van der Waals surface area contributed by atoms with Crippen molar-refractivity contribution in [2.45, 2.75) is 25.2 Å². The van der Waals surface area contributed by atoms with Gasteiger partial charge in [0.05, 0.1) is 30.9 Å². The van der Waals surface area contributed by atoms with Crippen LogP contribution in [0, 0.1) is 0 Å². The van der Waals surface area contributed by atoms with E-state index in [0.717, 1.165) is 42.4 Å². The molecule has 27 heavy (non-hydrogen) atoms. The minimum Gasteiger partial charge on any atom is -0.497 e. The lowest BCUT2D eigenvalue weighted by atomic mass is 9.98. The predicted molar refractivity (Wildman–Crippen MR) is 102 cm³/mol. The standard InChI is InChI=1S/C20H21N3O3S/c1-25-16-6-4-14(5-7-16)9-17-10-22-19(26-17)15-3-2-8-23(12-15)20(24)18-11-21-13-27-18/h4-7,10-11,13,15H,2-3,8-9,12H2,1H3. The first-order valence-corrected chi connectivity index (χ1v) is 9.86. The van der Waals surface area contributed by atoms with Gasteiger partial charge in [0.2, 0.25) is 0 Å². The minimum atomic E-state index is 0.0483. The van der Waals surface area contributed by atoms with Gasteiger partial charge >= 0.3 is 0 Å². The van der Waals surface area contributed by atoms with Gasteiger partial charge in [0.15, 0.2) is 5.89 Å². The molecule has 0 aliphatic carbocycles. The molecule has 1 aromatic carbocycles. The molecule has 1 aliphatic heterocycles. The molecular weight excluding hydrogens is 362 g/mol. The molecule has 0 saturated carbocycles. The molecule has 1 aliphatic rings. The normalized spacial score (nSPS) is 17.1. The van der Waals surface area contributed by atoms with Gasteiger partial charge in [-0.3, -0.25) is 9.78 Å². The molecular formula is C20H21N3O3S. The van der Waals surface area contributed by atoms with Crippen molar-refractivity contribution in [3.05, 3.63) is 64.3 Å². The Balaban J connectivity index is 1.42. The van der Waals surface area contributed by atoms with Gasteiger partial charge in [-0.15, -0.1) is 11.3 Å². The fourth-order valence-electron chi connectivity index (χ4n) is 3.38. The van der Waals surface area contributed by atoms with E-state index in [-0.39, 0.29) is 11.8 Å². The molecule has 3 aromatic rings. The molecule has 2 aromatic heterocycles. The monoisotopic (exact) mass is 383 g/mol. The smallest absolute Gasteiger partial charge is 0.265 e. The third kappa shape index (κ3) is 4.03. The van der Waals surface area contributed by atoms with Crippen LogP contribution in [0.5, 0.6) is 5.75 Å². The molecule has 0 N–H and O–H groups in total. The van der Waals surface area contributed by atoms with Gasteiger partial charge in [0.1, 0.15) is 16.4 Å². The molecule has 0 radical (unpaired) electrons. The molecule has 7 heteroatoms. The number of amides is 1. The summed E-state index contributed by atoms with van der Waals surface area (Å²) >= 11 is 1.38. The van der Waals surface area contributed by atoms with Crippen LogP contribution < -0.4 is 4.74 Å². The van der Waals surface area contributed by atoms with E-state index in [1.807, 2.05) is 29.2 Å². The Bertz CT molecular complexity index is 890. The molecule has 1 saturated heterocycles. The number of thiazole rings is 1. The Labute approximate surface area is 161 Å². The number of likely N-dealkylation sites (tertiary alicyclic amines) is 1. The van der Waals surface area contributed by atoms with E-state index in [1.165, 1.54) is 11.3 Å². The van der Waals surface area contributed by atoms with Crippen molar-refractivity contribution >= 4 is 17.2 Å². The van der Waals surface area contributed by atoms with E-state index in [4.69, 9.17) is 9.15 Å². The first-order valence-electron chi connectivity index (χ1n) is 8.98. The molecule has 1 atom stereocenters. The predicted octanol–water partition coefficient (Wildman–Crippen LogP) is 3.75. The average Bonchev–Trinajstić information content (AvgIpc) is 3.40. The van der Waals surface area contributed by atoms with Crippen molar-refractivity contribution in [1.29, 1.82) is 0 Å². The van der Waals surface area contributed by atoms with E-state index < -0.39 is 0 Å². The number of oxazole rings is 1. The molecule has 1 fully saturated rings. The second kappa shape index (κ2) is 7.92. The summed E-state index contributed by atoms with van der Waals surface area (Å²) in [4.78, 5) is 23.6. The van der Waals surface area contributed by atoms with E-state index >= 15 is 0 Å². The highest BCUT2D eigenvalue weighted by Crippen LogP contribution is 2.28. The van der Waals surface area contributed by atoms with Gasteiger partial charge < -0.3 is 14.1 Å². The zero-order valence-electron chi connectivity index (χ0n) is 15.1. The lowest BCUT2D eigenvalue weighted by Crippen LogP contribution is -2.38. The van der Waals surface area contributed by atoms with Gasteiger partial charge in [-0.05, 0) is 30.5 Å². The summed E-state index contributed by atoms with van der Waals surface area (Å²) in [7, 11) is 1.66. The van der Waals surface area contributed by atoms with Crippen LogP contribution in [0.3, 0.4) is 0 Å². The van der Waals surface area contributed by atoms with Crippen LogP contribution >= 0.6 is 11.3 Å². The number of nitrogens with zero attached hydrogens (tertiary/aromatic N) is 3. The number of carbonyl (C=O) groups is 1. The summed E-state index contributed by atoms with van der Waals surface area (Å²) in [5.41, 5.74) is 2.83. The number of hydrogen-bond acceptors (Lipinski definition) is 6. The summed E-state index contributed by atoms with van der Waals surface area (Å²) in [5.74, 6) is 2.58. The van der Waals surface area contributed by atoms with E-state index in [9.17, 15) is 4.79 Å². The number of hydrogen-bond donors (Lipinski definition) is 0. The summed E-state index contributed by atoms with van der Waals surface area (Å²) < 4.78 is 11.2. The van der Waals surface area contributed by atoms with Gasteiger partial charge in [-0.25, -0.2) is 4.98 Å². The molecule has 6 nitrogen and oxygen atoms in total. The van der Waals surface area contributed by atoms with Crippen LogP contribution in [0.1, 0.15) is 45.6 Å². The maximum absolute atomic E-state index is 12.6. The van der Waals surface area contributed by atoms with E-state index in [1.54, 1.807) is 25.0 Å². The quantitative estimate of drug-likeness (QED) is 0.671. The van der Waals surface area contributed by atoms with Crippen molar-refractivity contribution < 1.29 is 13.9 Å². The Morgan fingerprint density at radius 1 is 1.33 bits per heavy atom. The molecule has 1 amide bonds. The molecule has 3 heterocycles. The summed E-state index contributed by atoms with van der Waals surface area (Å²) in [5, 5.41) is 0. The van der Waals surface area contributed by atoms with Crippen LogP contribution in [0.2, 0.25) is 0 Å². The second-order valence-corrected chi connectivity index (χ2v) is 7.53. The highest BCUT2D eigenvalue weighted by atomic mass is 32.1. The summed E-state index contributed by atoms with van der Waals surface area (Å²) in [6.45, 7) is 1.41. The summed E-state index contributed by atoms with van der Waals surface area (Å²) in [6, 6.07) is 7.93. The summed E-state index contributed by atoms with van der Waals surface area (Å²) in [6.07, 6.45) is 6.05. The van der Waals surface area contributed by atoms with Gasteiger partial charge in [0.25, 0.3) is 5.91 Å². The molecule has 0 bridgehead atoms. The van der Waals surface area contributed by atoms with Crippen molar-refractivity contribution in [2.75, 3.05) is 20.2 Å². The lowest BCUT2D eigenvalue weighted by molar-refractivity contribution is 0.0702. The molecule has 0 spiro atoms. The molecule has 1 unspecified atom stereocenters. The zero-order valence-corrected chi connectivity index (χ0v) is 15.9. The first-order chi connectivity index (χ1) is 13.2. The highest BCUT2D eigenvalue weighted by molar-refractivity contribution is 7.11. The van der Waals surface area contributed by atoms with E-state index in [2.05, 4.69) is 9.97 Å². The van der Waals surface area contributed by atoms with Crippen LogP contribution in [0.4, 0.5) is 0 Å². The minimum absolute atomic E-state index is 0.0483. The lowest BCUT2D eigenvalue weighted by Gasteiger charge is -2.30. The Morgan fingerprint density at radius 3 is 2.93 bits per heavy atom. The maximum atomic E-state index is 12.6. The highest BCUT2D eigenvalue weighted by Gasteiger charge is 2.28. The van der Waals surface area contributed by atoms with Gasteiger partial charge in [0, 0.05) is 19.5 Å². The largest absolute Gasteiger partial charge is 0.497 e. The number of carbonyl (C=O) groups excluding carboxylic acids is 1. The fourth-order valence-corrected chi connectivity index (χ4v) is 3.96. The van der Waals surface area contributed by atoms with Crippen LogP contribution in [0.15, 0.2) is 46.6 Å². The zero-order chi connectivity index (χ0) is 18.6. The fraction of sp³-hybridized carbons (Fsp3) is 0.350. The van der Waals surface area contributed by atoms with Crippen molar-refractivity contribution in [1.82, 2.24) is 14.9 Å². The Kier molecular flexibility index (Phi) is 5.20. The third-order valence-electron chi connectivity index (χ3n) is 4.81. The van der Waals surface area contributed by atoms with Crippen LogP contribution in [0.25, 0.3) is 0 Å². The van der Waals surface area contributed by atoms with Crippen molar-refractivity contribution in [3.8, 4) is 5.75 Å². The van der Waals surface area contributed by atoms with Gasteiger partial charge in [-0.2, -0.15) is 0 Å². The van der Waals surface area contributed by atoms with Crippen LogP contribution in [-0.4, -0.2) is 41.0 Å². The number of methoxy groups -OCH3 is 1. The van der Waals surface area contributed by atoms with Gasteiger partial charge in [-0.1, -0.05) is 12.1 Å². The van der Waals surface area contributed by atoms with Crippen molar-refractivity contribution in [2.24, 2.45) is 0 Å². The number of ether oxygens (including phenoxy) is 1. The maximum Gasteiger partial charge on any atom is 0.265 e. The van der Waals surface area contributed by atoms with Crippen LogP contribution in [-0.2, 0) is 6.42 Å². The third-order valence-corrected chi connectivity index (χ3v) is 5.57. The number of benzene rings is 1. The first kappa shape index (κ1) is 17.7. The number of rotatable bonds is 5. The topological polar surface area (TPSA) is 68.5 Å². The van der Waals surface area contributed by atoms with E-state index in [0.29, 0.717) is 17.8 Å². The van der Waals surface area contributed by atoms with Crippen molar-refractivity contribution in [3.63, 3.8) is 0 Å². The number of aromatic nitrogens is 2. The SMILES string of the molecule is COc1ccc(Cc2cnc(C3CCCN(C(=O)c4cncs4)C3)o2)cc1. The molecule has 140 valence electrons. The second-order valence-electron chi connectivity index (χ2n) is 6.65. The molecule has 4 rings (SSSR count). The average molecular weight is 383 g/mol.